The van der Waals surface area contributed by atoms with Crippen molar-refractivity contribution in [1.82, 2.24) is 10.6 Å². The number of fused-ring (bicyclic) bond motifs is 3. The minimum absolute atomic E-state index is 0.113. The van der Waals surface area contributed by atoms with Crippen LogP contribution >= 0.6 is 0 Å². The molecule has 0 bridgehead atoms. The third kappa shape index (κ3) is 9.12. The fraction of sp³-hybridized carbons (Fsp3) is 0.220. The number of aryl methyl sites for hydroxylation is 1. The number of alkyl carbamates (subject to hydrolysis) is 1. The Morgan fingerprint density at radius 2 is 1.22 bits per heavy atom. The molecule has 0 fully saturated rings. The van der Waals surface area contributed by atoms with Crippen molar-refractivity contribution in [3.8, 4) is 11.1 Å². The van der Waals surface area contributed by atoms with Gasteiger partial charge in [-0.05, 0) is 89.4 Å². The average molecular weight is 788 g/mol. The zero-order chi connectivity index (χ0) is 41.2. The Morgan fingerprint density at radius 1 is 0.678 bits per heavy atom. The predicted octanol–water partition coefficient (Wildman–Crippen LogP) is 8.80. The highest BCUT2D eigenvalue weighted by atomic mass is 16.5. The Balaban J connectivity index is 1.06. The van der Waals surface area contributed by atoms with Gasteiger partial charge in [-0.3, -0.25) is 10.1 Å². The lowest BCUT2D eigenvalue weighted by Gasteiger charge is -2.37. The van der Waals surface area contributed by atoms with Crippen LogP contribution in [0, 0.1) is 6.92 Å². The van der Waals surface area contributed by atoms with Crippen molar-refractivity contribution in [3.05, 3.63) is 197 Å². The number of methoxy groups -OCH3 is 1. The first-order valence-electron chi connectivity index (χ1n) is 20.0. The van der Waals surface area contributed by atoms with Gasteiger partial charge in [0, 0.05) is 11.6 Å². The molecule has 9 heteroatoms. The number of rotatable bonds is 16. The summed E-state index contributed by atoms with van der Waals surface area (Å²) in [5.74, 6) is -1.34. The number of benzene rings is 6. The third-order valence-corrected chi connectivity index (χ3v) is 11.1. The molecule has 1 aliphatic carbocycles. The minimum atomic E-state index is -1.45. The van der Waals surface area contributed by atoms with E-state index in [0.29, 0.717) is 37.1 Å². The van der Waals surface area contributed by atoms with Crippen molar-refractivity contribution in [1.29, 1.82) is 0 Å². The molecule has 0 spiro atoms. The van der Waals surface area contributed by atoms with Crippen molar-refractivity contribution >= 4 is 23.7 Å². The van der Waals surface area contributed by atoms with Gasteiger partial charge in [0.1, 0.15) is 12.6 Å². The van der Waals surface area contributed by atoms with Crippen LogP contribution in [0.4, 0.5) is 10.5 Å². The standard InChI is InChI=1S/C50H49N3O6/c1-34-24-28-38(29-25-34)50(36-15-5-3-6-16-36,37-17-7-4-8-18-37)51-32-14-13-23-45(47(55)52-39-30-26-35(27-31-39)46(54)48(56)58-2)53-49(57)59-33-44-42-21-11-9-19-40(42)41-20-10-12-22-43(41)44/h3-12,15-22,24-31,44-46,51,54H,13-14,23,32-33H2,1-2H3,(H,52,55)(H,53,57). The smallest absolute Gasteiger partial charge is 0.407 e. The maximum absolute atomic E-state index is 13.9. The van der Waals surface area contributed by atoms with Gasteiger partial charge in [-0.15, -0.1) is 0 Å². The lowest BCUT2D eigenvalue weighted by Crippen LogP contribution is -2.45. The Kier molecular flexibility index (Phi) is 13.0. The van der Waals surface area contributed by atoms with Gasteiger partial charge in [0.15, 0.2) is 6.10 Å². The lowest BCUT2D eigenvalue weighted by molar-refractivity contribution is -0.150. The van der Waals surface area contributed by atoms with Gasteiger partial charge in [-0.25, -0.2) is 9.59 Å². The number of aliphatic hydroxyl groups is 1. The quantitative estimate of drug-likeness (QED) is 0.0439. The number of hydrogen-bond acceptors (Lipinski definition) is 7. The zero-order valence-corrected chi connectivity index (χ0v) is 33.3. The summed E-state index contributed by atoms with van der Waals surface area (Å²) in [6, 6.07) is 51.0. The number of carbonyl (C=O) groups is 3. The molecule has 0 radical (unpaired) electrons. The summed E-state index contributed by atoms with van der Waals surface area (Å²) in [7, 11) is 1.20. The van der Waals surface area contributed by atoms with Gasteiger partial charge in [-0.1, -0.05) is 151 Å². The van der Waals surface area contributed by atoms with Gasteiger partial charge < -0.3 is 25.2 Å². The Hall–Kier alpha value is -6.55. The van der Waals surface area contributed by atoms with E-state index in [4.69, 9.17) is 4.74 Å². The van der Waals surface area contributed by atoms with Crippen molar-refractivity contribution < 1.29 is 29.0 Å². The summed E-state index contributed by atoms with van der Waals surface area (Å²) in [6.07, 6.45) is -0.496. The van der Waals surface area contributed by atoms with E-state index in [1.807, 2.05) is 36.4 Å². The van der Waals surface area contributed by atoms with Gasteiger partial charge in [0.05, 0.1) is 12.6 Å². The van der Waals surface area contributed by atoms with E-state index in [1.165, 1.54) is 24.8 Å². The number of nitrogens with one attached hydrogen (secondary N) is 3. The van der Waals surface area contributed by atoms with E-state index in [-0.39, 0.29) is 12.5 Å². The second-order valence-electron chi connectivity index (χ2n) is 14.8. The van der Waals surface area contributed by atoms with Gasteiger partial charge in [0.25, 0.3) is 0 Å². The molecular formula is C50H49N3O6. The van der Waals surface area contributed by atoms with E-state index in [1.54, 1.807) is 12.1 Å². The summed E-state index contributed by atoms with van der Waals surface area (Å²) < 4.78 is 10.5. The maximum Gasteiger partial charge on any atom is 0.407 e. The highest BCUT2D eigenvalue weighted by Crippen LogP contribution is 2.44. The van der Waals surface area contributed by atoms with Crippen LogP contribution in [0.3, 0.4) is 0 Å². The van der Waals surface area contributed by atoms with E-state index >= 15 is 0 Å². The van der Waals surface area contributed by atoms with Crippen LogP contribution in [0.1, 0.15) is 70.2 Å². The van der Waals surface area contributed by atoms with Gasteiger partial charge in [-0.2, -0.15) is 0 Å². The largest absolute Gasteiger partial charge is 0.467 e. The number of amides is 2. The summed E-state index contributed by atoms with van der Waals surface area (Å²) in [6.45, 7) is 2.81. The van der Waals surface area contributed by atoms with Gasteiger partial charge >= 0.3 is 12.1 Å². The molecule has 2 amide bonds. The minimum Gasteiger partial charge on any atom is -0.467 e. The van der Waals surface area contributed by atoms with E-state index in [9.17, 15) is 19.5 Å². The first-order valence-corrected chi connectivity index (χ1v) is 20.0. The molecular weight excluding hydrogens is 739 g/mol. The first-order chi connectivity index (χ1) is 28.8. The summed E-state index contributed by atoms with van der Waals surface area (Å²) in [5, 5.41) is 19.9. The molecule has 59 heavy (non-hydrogen) atoms. The number of hydrogen-bond donors (Lipinski definition) is 4. The van der Waals surface area contributed by atoms with Crippen LogP contribution in [0.15, 0.2) is 158 Å². The SMILES string of the molecule is COC(=O)C(O)c1ccc(NC(=O)C(CCCCNC(c2ccccc2)(c2ccccc2)c2ccc(C)cc2)NC(=O)OCC2c3ccccc3-c3ccccc32)cc1. The maximum atomic E-state index is 13.9. The number of ether oxygens (including phenoxy) is 2. The molecule has 2 atom stereocenters. The molecule has 2 unspecified atom stereocenters. The molecule has 0 saturated heterocycles. The van der Waals surface area contributed by atoms with Crippen LogP contribution in [-0.2, 0) is 24.6 Å². The van der Waals surface area contributed by atoms with E-state index in [2.05, 4.69) is 125 Å². The number of esters is 1. The molecule has 6 aromatic rings. The normalized spacial score (nSPS) is 13.1. The summed E-state index contributed by atoms with van der Waals surface area (Å²) in [4.78, 5) is 39.3. The molecule has 7 rings (SSSR count). The number of unbranched alkanes of at least 4 members (excludes halogenated alkanes) is 1. The molecule has 0 heterocycles. The molecule has 1 aliphatic rings. The predicted molar refractivity (Wildman–Crippen MR) is 230 cm³/mol. The van der Waals surface area contributed by atoms with E-state index < -0.39 is 35.7 Å². The van der Waals surface area contributed by atoms with E-state index in [0.717, 1.165) is 38.9 Å². The number of anilines is 1. The lowest BCUT2D eigenvalue weighted by atomic mass is 9.76. The van der Waals surface area contributed by atoms with Crippen LogP contribution in [0.25, 0.3) is 11.1 Å². The number of carbonyl (C=O) groups excluding carboxylic acids is 3. The fourth-order valence-corrected chi connectivity index (χ4v) is 8.01. The monoisotopic (exact) mass is 787 g/mol. The Bertz CT molecular complexity index is 2260. The number of aliphatic hydroxyl groups excluding tert-OH is 1. The van der Waals surface area contributed by atoms with Crippen LogP contribution in [0.2, 0.25) is 0 Å². The first kappa shape index (κ1) is 40.6. The van der Waals surface area contributed by atoms with Crippen molar-refractivity contribution in [2.24, 2.45) is 0 Å². The molecule has 4 N–H and O–H groups in total. The molecule has 0 aromatic heterocycles. The van der Waals surface area contributed by atoms with Crippen molar-refractivity contribution in [3.63, 3.8) is 0 Å². The van der Waals surface area contributed by atoms with Crippen LogP contribution in [-0.4, -0.2) is 49.4 Å². The summed E-state index contributed by atoms with van der Waals surface area (Å²) >= 11 is 0. The molecule has 9 nitrogen and oxygen atoms in total. The summed E-state index contributed by atoms with van der Waals surface area (Å²) in [5.41, 5.74) is 9.05. The average Bonchev–Trinajstić information content (AvgIpc) is 3.60. The topological polar surface area (TPSA) is 126 Å². The highest BCUT2D eigenvalue weighted by Gasteiger charge is 2.36. The third-order valence-electron chi connectivity index (χ3n) is 11.1. The van der Waals surface area contributed by atoms with Crippen molar-refractivity contribution in [2.75, 3.05) is 25.6 Å². The molecule has 300 valence electrons. The Labute approximate surface area is 345 Å². The molecule has 0 saturated carbocycles. The molecule has 0 aliphatic heterocycles. The Morgan fingerprint density at radius 3 is 1.80 bits per heavy atom. The van der Waals surface area contributed by atoms with Gasteiger partial charge in [0.2, 0.25) is 5.91 Å². The van der Waals surface area contributed by atoms with Crippen molar-refractivity contribution in [2.45, 2.75) is 49.8 Å². The highest BCUT2D eigenvalue weighted by molar-refractivity contribution is 5.96. The molecule has 6 aromatic carbocycles. The fourth-order valence-electron chi connectivity index (χ4n) is 8.01. The van der Waals surface area contributed by atoms with Crippen LogP contribution < -0.4 is 16.0 Å². The second-order valence-corrected chi connectivity index (χ2v) is 14.8. The second kappa shape index (κ2) is 18.8. The zero-order valence-electron chi connectivity index (χ0n) is 33.3. The van der Waals surface area contributed by atoms with Crippen LogP contribution in [0.5, 0.6) is 0 Å².